The standard InChI is InChI=1S/C11H18N2O/c1-4-10(2,3)13-9(14)11(8-12)6-5-7-11/h4-7H2,1-3H3,(H,13,14). The van der Waals surface area contributed by atoms with Crippen molar-refractivity contribution in [2.75, 3.05) is 0 Å². The minimum Gasteiger partial charge on any atom is -0.350 e. The largest absolute Gasteiger partial charge is 0.350 e. The lowest BCUT2D eigenvalue weighted by Crippen LogP contribution is -2.52. The lowest BCUT2D eigenvalue weighted by molar-refractivity contribution is -0.133. The normalized spacial score (nSPS) is 19.3. The molecule has 0 heterocycles. The van der Waals surface area contributed by atoms with Gasteiger partial charge in [-0.25, -0.2) is 0 Å². The maximum absolute atomic E-state index is 11.8. The molecule has 0 atom stereocenters. The maximum Gasteiger partial charge on any atom is 0.240 e. The molecule has 0 aromatic carbocycles. The van der Waals surface area contributed by atoms with E-state index in [-0.39, 0.29) is 11.4 Å². The van der Waals surface area contributed by atoms with E-state index in [1.165, 1.54) is 0 Å². The summed E-state index contributed by atoms with van der Waals surface area (Å²) in [5.74, 6) is -0.0851. The third kappa shape index (κ3) is 1.89. The van der Waals surface area contributed by atoms with Crippen molar-refractivity contribution in [3.8, 4) is 6.07 Å². The van der Waals surface area contributed by atoms with Crippen molar-refractivity contribution in [3.05, 3.63) is 0 Å². The molecule has 0 saturated heterocycles. The molecule has 1 aliphatic carbocycles. The van der Waals surface area contributed by atoms with Crippen molar-refractivity contribution in [1.29, 1.82) is 5.26 Å². The highest BCUT2D eigenvalue weighted by Crippen LogP contribution is 2.40. The molecular weight excluding hydrogens is 176 g/mol. The summed E-state index contributed by atoms with van der Waals surface area (Å²) in [7, 11) is 0. The van der Waals surface area contributed by atoms with E-state index < -0.39 is 5.41 Å². The van der Waals surface area contributed by atoms with Gasteiger partial charge in [0.05, 0.1) is 6.07 Å². The summed E-state index contributed by atoms with van der Waals surface area (Å²) in [6.07, 6.45) is 3.30. The molecule has 0 bridgehead atoms. The Bertz CT molecular complexity index is 272. The van der Waals surface area contributed by atoms with Crippen LogP contribution in [0.25, 0.3) is 0 Å². The molecule has 0 aliphatic heterocycles. The number of nitrogens with zero attached hydrogens (tertiary/aromatic N) is 1. The number of carbonyl (C=O) groups is 1. The van der Waals surface area contributed by atoms with Gasteiger partial charge in [0.2, 0.25) is 5.91 Å². The van der Waals surface area contributed by atoms with Crippen LogP contribution in [0.5, 0.6) is 0 Å². The summed E-state index contributed by atoms with van der Waals surface area (Å²) in [5, 5.41) is 11.9. The van der Waals surface area contributed by atoms with Gasteiger partial charge in [-0.05, 0) is 39.5 Å². The van der Waals surface area contributed by atoms with E-state index >= 15 is 0 Å². The topological polar surface area (TPSA) is 52.9 Å². The molecule has 0 aromatic heterocycles. The molecule has 78 valence electrons. The van der Waals surface area contributed by atoms with Crippen LogP contribution >= 0.6 is 0 Å². The fraction of sp³-hybridized carbons (Fsp3) is 0.818. The van der Waals surface area contributed by atoms with Crippen LogP contribution in [0.4, 0.5) is 0 Å². The minimum absolute atomic E-state index is 0.0851. The zero-order chi connectivity index (χ0) is 10.8. The van der Waals surface area contributed by atoms with Crippen LogP contribution in [0.3, 0.4) is 0 Å². The first-order chi connectivity index (χ1) is 6.46. The van der Waals surface area contributed by atoms with E-state index in [1.807, 2.05) is 20.8 Å². The number of hydrogen-bond donors (Lipinski definition) is 1. The maximum atomic E-state index is 11.8. The Morgan fingerprint density at radius 3 is 2.43 bits per heavy atom. The van der Waals surface area contributed by atoms with E-state index in [1.54, 1.807) is 0 Å². The molecule has 0 aromatic rings. The Kier molecular flexibility index (Phi) is 2.84. The Morgan fingerprint density at radius 2 is 2.14 bits per heavy atom. The van der Waals surface area contributed by atoms with Crippen LogP contribution in [-0.4, -0.2) is 11.4 Å². The van der Waals surface area contributed by atoms with Crippen LogP contribution in [-0.2, 0) is 4.79 Å². The highest BCUT2D eigenvalue weighted by Gasteiger charge is 2.45. The van der Waals surface area contributed by atoms with Gasteiger partial charge >= 0.3 is 0 Å². The second kappa shape index (κ2) is 3.61. The smallest absolute Gasteiger partial charge is 0.240 e. The number of amides is 1. The molecule has 1 saturated carbocycles. The second-order valence-corrected chi connectivity index (χ2v) is 4.74. The third-order valence-electron chi connectivity index (χ3n) is 3.19. The Balaban J connectivity index is 2.63. The molecule has 14 heavy (non-hydrogen) atoms. The molecule has 0 unspecified atom stereocenters. The Labute approximate surface area is 85.5 Å². The predicted molar refractivity (Wildman–Crippen MR) is 54.4 cm³/mol. The Hall–Kier alpha value is -1.04. The number of rotatable bonds is 3. The molecule has 1 fully saturated rings. The van der Waals surface area contributed by atoms with E-state index in [0.29, 0.717) is 0 Å². The van der Waals surface area contributed by atoms with E-state index in [2.05, 4.69) is 11.4 Å². The summed E-state index contributed by atoms with van der Waals surface area (Å²) in [5.41, 5.74) is -0.914. The number of nitriles is 1. The van der Waals surface area contributed by atoms with Gasteiger partial charge in [-0.2, -0.15) is 5.26 Å². The highest BCUT2D eigenvalue weighted by molar-refractivity contribution is 5.86. The van der Waals surface area contributed by atoms with Crippen LogP contribution in [0.1, 0.15) is 46.5 Å². The lowest BCUT2D eigenvalue weighted by atomic mass is 9.69. The summed E-state index contributed by atoms with van der Waals surface area (Å²) in [4.78, 5) is 11.8. The molecule has 1 aliphatic rings. The average molecular weight is 194 g/mol. The van der Waals surface area contributed by atoms with Crippen molar-refractivity contribution in [3.63, 3.8) is 0 Å². The van der Waals surface area contributed by atoms with Crippen molar-refractivity contribution >= 4 is 5.91 Å². The summed E-state index contributed by atoms with van der Waals surface area (Å²) < 4.78 is 0. The SMILES string of the molecule is CCC(C)(C)NC(=O)C1(C#N)CCC1. The van der Waals surface area contributed by atoms with Gasteiger partial charge in [-0.1, -0.05) is 6.92 Å². The van der Waals surface area contributed by atoms with Crippen molar-refractivity contribution in [2.45, 2.75) is 52.0 Å². The fourth-order valence-corrected chi connectivity index (χ4v) is 1.44. The van der Waals surface area contributed by atoms with Crippen molar-refractivity contribution in [2.24, 2.45) is 5.41 Å². The number of nitrogens with one attached hydrogen (secondary N) is 1. The van der Waals surface area contributed by atoms with Crippen molar-refractivity contribution < 1.29 is 4.79 Å². The first-order valence-corrected chi connectivity index (χ1v) is 5.20. The van der Waals surface area contributed by atoms with Crippen molar-refractivity contribution in [1.82, 2.24) is 5.32 Å². The molecule has 1 rings (SSSR count). The second-order valence-electron chi connectivity index (χ2n) is 4.74. The monoisotopic (exact) mass is 194 g/mol. The zero-order valence-electron chi connectivity index (χ0n) is 9.18. The lowest BCUT2D eigenvalue weighted by Gasteiger charge is -2.37. The number of carbonyl (C=O) groups excluding carboxylic acids is 1. The van der Waals surface area contributed by atoms with Gasteiger partial charge in [-0.15, -0.1) is 0 Å². The summed E-state index contributed by atoms with van der Waals surface area (Å²) in [6, 6.07) is 2.15. The first-order valence-electron chi connectivity index (χ1n) is 5.20. The van der Waals surface area contributed by atoms with Crippen LogP contribution < -0.4 is 5.32 Å². The van der Waals surface area contributed by atoms with Crippen LogP contribution in [0.2, 0.25) is 0 Å². The summed E-state index contributed by atoms with van der Waals surface area (Å²) >= 11 is 0. The Morgan fingerprint density at radius 1 is 1.57 bits per heavy atom. The molecule has 1 amide bonds. The van der Waals surface area contributed by atoms with Gasteiger partial charge in [0.25, 0.3) is 0 Å². The molecule has 0 radical (unpaired) electrons. The zero-order valence-corrected chi connectivity index (χ0v) is 9.18. The molecule has 0 spiro atoms. The van der Waals surface area contributed by atoms with E-state index in [9.17, 15) is 4.79 Å². The molecule has 3 heteroatoms. The predicted octanol–water partition coefficient (Wildman–Crippen LogP) is 1.99. The molecular formula is C11H18N2O. The van der Waals surface area contributed by atoms with Crippen LogP contribution in [0.15, 0.2) is 0 Å². The van der Waals surface area contributed by atoms with Gasteiger partial charge in [-0.3, -0.25) is 4.79 Å². The quantitative estimate of drug-likeness (QED) is 0.747. The highest BCUT2D eigenvalue weighted by atomic mass is 16.2. The number of hydrogen-bond acceptors (Lipinski definition) is 2. The summed E-state index contributed by atoms with van der Waals surface area (Å²) in [6.45, 7) is 5.99. The van der Waals surface area contributed by atoms with Crippen LogP contribution in [0, 0.1) is 16.7 Å². The first kappa shape index (κ1) is 11.0. The van der Waals surface area contributed by atoms with E-state index in [4.69, 9.17) is 5.26 Å². The molecule has 1 N–H and O–H groups in total. The average Bonchev–Trinajstić information content (AvgIpc) is 2.02. The molecule has 3 nitrogen and oxygen atoms in total. The third-order valence-corrected chi connectivity index (χ3v) is 3.19. The van der Waals surface area contributed by atoms with Gasteiger partial charge in [0, 0.05) is 5.54 Å². The van der Waals surface area contributed by atoms with Gasteiger partial charge in [0.15, 0.2) is 0 Å². The minimum atomic E-state index is -0.716. The fourth-order valence-electron chi connectivity index (χ4n) is 1.44. The van der Waals surface area contributed by atoms with Gasteiger partial charge in [0.1, 0.15) is 5.41 Å². The van der Waals surface area contributed by atoms with E-state index in [0.717, 1.165) is 25.7 Å². The van der Waals surface area contributed by atoms with Gasteiger partial charge < -0.3 is 5.32 Å².